The molecule has 2 aromatic rings. The van der Waals surface area contributed by atoms with Gasteiger partial charge in [0.2, 0.25) is 0 Å². The highest BCUT2D eigenvalue weighted by molar-refractivity contribution is 6.31. The Balaban J connectivity index is 2.22. The minimum atomic E-state index is -0.749. The molecule has 1 aliphatic heterocycles. The first-order chi connectivity index (χ1) is 9.65. The Bertz CT molecular complexity index is 655. The molecular weight excluding hydrogens is 272 g/mol. The van der Waals surface area contributed by atoms with Gasteiger partial charge in [0.15, 0.2) is 6.23 Å². The maximum Gasteiger partial charge on any atom is 0.163 e. The number of hydrogen-bond acceptors (Lipinski definition) is 3. The summed E-state index contributed by atoms with van der Waals surface area (Å²) in [6, 6.07) is 15.6. The van der Waals surface area contributed by atoms with Gasteiger partial charge in [-0.3, -0.25) is 4.99 Å². The maximum atomic E-state index is 10.1. The summed E-state index contributed by atoms with van der Waals surface area (Å²) in [6.45, 7) is 0.463. The Morgan fingerprint density at radius 3 is 2.70 bits per heavy atom. The van der Waals surface area contributed by atoms with Gasteiger partial charge in [-0.05, 0) is 18.2 Å². The molecule has 0 spiro atoms. The van der Waals surface area contributed by atoms with Crippen molar-refractivity contribution in [2.75, 3.05) is 18.5 Å². The van der Waals surface area contributed by atoms with E-state index in [0.717, 1.165) is 22.5 Å². The number of nitrogens with zero attached hydrogens (tertiary/aromatic N) is 2. The normalized spacial score (nSPS) is 18.2. The lowest BCUT2D eigenvalue weighted by molar-refractivity contribution is 0.192. The van der Waals surface area contributed by atoms with Gasteiger partial charge in [-0.15, -0.1) is 0 Å². The largest absolute Gasteiger partial charge is 0.370 e. The van der Waals surface area contributed by atoms with Crippen LogP contribution in [0.5, 0.6) is 0 Å². The quantitative estimate of drug-likeness (QED) is 0.875. The molecule has 3 rings (SSSR count). The van der Waals surface area contributed by atoms with Crippen LogP contribution in [0.4, 0.5) is 5.69 Å². The molecule has 0 bridgehead atoms. The molecule has 102 valence electrons. The minimum absolute atomic E-state index is 0.463. The molecule has 20 heavy (non-hydrogen) atoms. The highest BCUT2D eigenvalue weighted by Crippen LogP contribution is 2.29. The van der Waals surface area contributed by atoms with Crippen molar-refractivity contribution in [2.45, 2.75) is 6.23 Å². The third-order valence-corrected chi connectivity index (χ3v) is 3.62. The van der Waals surface area contributed by atoms with Crippen molar-refractivity contribution in [3.63, 3.8) is 0 Å². The molecule has 1 aliphatic rings. The minimum Gasteiger partial charge on any atom is -0.370 e. The SMILES string of the molecule is CN1CC(O)N=C(c2ccccc2)c2cc(Cl)ccc21. The fraction of sp³-hybridized carbons (Fsp3) is 0.188. The number of aliphatic imine (C=N–C) groups is 1. The number of halogens is 1. The molecule has 0 fully saturated rings. The van der Waals surface area contributed by atoms with Crippen LogP contribution in [0.1, 0.15) is 11.1 Å². The smallest absolute Gasteiger partial charge is 0.163 e. The van der Waals surface area contributed by atoms with E-state index >= 15 is 0 Å². The molecule has 0 amide bonds. The van der Waals surface area contributed by atoms with Crippen LogP contribution in [0, 0.1) is 0 Å². The average Bonchev–Trinajstić information content (AvgIpc) is 2.56. The average molecular weight is 287 g/mol. The van der Waals surface area contributed by atoms with Crippen molar-refractivity contribution in [1.82, 2.24) is 0 Å². The molecule has 1 unspecified atom stereocenters. The van der Waals surface area contributed by atoms with Crippen LogP contribution in [0.2, 0.25) is 5.02 Å². The van der Waals surface area contributed by atoms with E-state index in [1.807, 2.05) is 60.5 Å². The first-order valence-corrected chi connectivity index (χ1v) is 6.85. The second kappa shape index (κ2) is 5.27. The van der Waals surface area contributed by atoms with Crippen LogP contribution in [0.25, 0.3) is 0 Å². The summed E-state index contributed by atoms with van der Waals surface area (Å²) in [5.74, 6) is 0. The molecule has 0 radical (unpaired) electrons. The highest BCUT2D eigenvalue weighted by Gasteiger charge is 2.21. The Hall–Kier alpha value is -1.84. The Morgan fingerprint density at radius 1 is 1.20 bits per heavy atom. The van der Waals surface area contributed by atoms with Crippen molar-refractivity contribution in [3.05, 3.63) is 64.7 Å². The van der Waals surface area contributed by atoms with Crippen LogP contribution < -0.4 is 4.90 Å². The van der Waals surface area contributed by atoms with Crippen LogP contribution >= 0.6 is 11.6 Å². The molecule has 0 saturated heterocycles. The van der Waals surface area contributed by atoms with Gasteiger partial charge in [-0.25, -0.2) is 0 Å². The molecule has 0 aromatic heterocycles. The van der Waals surface area contributed by atoms with Crippen molar-refractivity contribution in [3.8, 4) is 0 Å². The fourth-order valence-corrected chi connectivity index (χ4v) is 2.63. The van der Waals surface area contributed by atoms with Crippen molar-refractivity contribution >= 4 is 23.0 Å². The Kier molecular flexibility index (Phi) is 3.47. The van der Waals surface area contributed by atoms with Crippen LogP contribution in [0.15, 0.2) is 53.5 Å². The standard InChI is InChI=1S/C16H15ClN2O/c1-19-10-15(20)18-16(11-5-3-2-4-6-11)13-9-12(17)7-8-14(13)19/h2-9,15,20H,10H2,1H3. The summed E-state index contributed by atoms with van der Waals surface area (Å²) >= 11 is 6.13. The van der Waals surface area contributed by atoms with Gasteiger partial charge in [-0.2, -0.15) is 0 Å². The van der Waals surface area contributed by atoms with Gasteiger partial charge in [0.05, 0.1) is 12.3 Å². The number of anilines is 1. The van der Waals surface area contributed by atoms with Gasteiger partial charge in [0.25, 0.3) is 0 Å². The molecule has 0 aliphatic carbocycles. The number of benzodiazepines with no additional fused rings is 1. The van der Waals surface area contributed by atoms with Gasteiger partial charge in [0.1, 0.15) is 0 Å². The Morgan fingerprint density at radius 2 is 1.95 bits per heavy atom. The molecule has 1 N–H and O–H groups in total. The van der Waals surface area contributed by atoms with Gasteiger partial charge in [0, 0.05) is 28.9 Å². The van der Waals surface area contributed by atoms with E-state index in [1.54, 1.807) is 0 Å². The maximum absolute atomic E-state index is 10.1. The van der Waals surface area contributed by atoms with E-state index in [2.05, 4.69) is 4.99 Å². The third-order valence-electron chi connectivity index (χ3n) is 3.39. The summed E-state index contributed by atoms with van der Waals surface area (Å²) < 4.78 is 0. The molecule has 1 heterocycles. The summed E-state index contributed by atoms with van der Waals surface area (Å²) in [4.78, 5) is 6.45. The number of rotatable bonds is 1. The van der Waals surface area contributed by atoms with Gasteiger partial charge < -0.3 is 10.0 Å². The van der Waals surface area contributed by atoms with Crippen LogP contribution in [0.3, 0.4) is 0 Å². The van der Waals surface area contributed by atoms with Crippen molar-refractivity contribution < 1.29 is 5.11 Å². The second-order valence-electron chi connectivity index (χ2n) is 4.87. The van der Waals surface area contributed by atoms with E-state index in [4.69, 9.17) is 11.6 Å². The summed E-state index contributed by atoms with van der Waals surface area (Å²) in [6.07, 6.45) is -0.749. The molecule has 1 atom stereocenters. The summed E-state index contributed by atoms with van der Waals surface area (Å²) in [5.41, 5.74) is 3.72. The Labute approximate surface area is 123 Å². The van der Waals surface area contributed by atoms with E-state index in [9.17, 15) is 5.11 Å². The topological polar surface area (TPSA) is 35.8 Å². The first-order valence-electron chi connectivity index (χ1n) is 6.47. The lowest BCUT2D eigenvalue weighted by Crippen LogP contribution is -2.26. The molecule has 2 aromatic carbocycles. The number of benzene rings is 2. The number of β-amino-alcohol motifs (C(OH)–C–C–N with tert-alkyl or cyclic N) is 1. The fourth-order valence-electron chi connectivity index (χ4n) is 2.46. The van der Waals surface area contributed by atoms with E-state index in [0.29, 0.717) is 11.6 Å². The molecular formula is C16H15ClN2O. The molecule has 0 saturated carbocycles. The van der Waals surface area contributed by atoms with E-state index < -0.39 is 6.23 Å². The van der Waals surface area contributed by atoms with Gasteiger partial charge >= 0.3 is 0 Å². The summed E-state index contributed by atoms with van der Waals surface area (Å²) in [5, 5.41) is 10.7. The van der Waals surface area contributed by atoms with Crippen molar-refractivity contribution in [2.24, 2.45) is 4.99 Å². The highest BCUT2D eigenvalue weighted by atomic mass is 35.5. The lowest BCUT2D eigenvalue weighted by atomic mass is 10.0. The number of hydrogen-bond donors (Lipinski definition) is 1. The zero-order chi connectivity index (χ0) is 14.1. The van der Waals surface area contributed by atoms with E-state index in [1.165, 1.54) is 0 Å². The van der Waals surface area contributed by atoms with E-state index in [-0.39, 0.29) is 0 Å². The number of aliphatic hydroxyl groups is 1. The van der Waals surface area contributed by atoms with Gasteiger partial charge in [-0.1, -0.05) is 41.9 Å². The predicted molar refractivity (Wildman–Crippen MR) is 82.8 cm³/mol. The zero-order valence-corrected chi connectivity index (χ0v) is 11.9. The third kappa shape index (κ3) is 2.42. The van der Waals surface area contributed by atoms with Crippen LogP contribution in [-0.2, 0) is 0 Å². The molecule has 4 heteroatoms. The van der Waals surface area contributed by atoms with Crippen LogP contribution in [-0.4, -0.2) is 30.6 Å². The number of likely N-dealkylation sites (N-methyl/N-ethyl adjacent to an activating group) is 1. The first kappa shape index (κ1) is 13.2. The second-order valence-corrected chi connectivity index (χ2v) is 5.30. The monoisotopic (exact) mass is 286 g/mol. The van der Waals surface area contributed by atoms with Crippen molar-refractivity contribution in [1.29, 1.82) is 0 Å². The lowest BCUT2D eigenvalue weighted by Gasteiger charge is -2.20. The predicted octanol–water partition coefficient (Wildman–Crippen LogP) is 2.95. The number of fused-ring (bicyclic) bond motifs is 1. The zero-order valence-electron chi connectivity index (χ0n) is 11.1. The molecule has 3 nitrogen and oxygen atoms in total. The number of aliphatic hydroxyl groups excluding tert-OH is 1. The summed E-state index contributed by atoms with van der Waals surface area (Å²) in [7, 11) is 1.94.